The summed E-state index contributed by atoms with van der Waals surface area (Å²) in [5, 5.41) is 3.96. The predicted molar refractivity (Wildman–Crippen MR) is 38.2 cm³/mol. The molecule has 54 valence electrons. The van der Waals surface area contributed by atoms with E-state index in [1.54, 1.807) is 6.26 Å². The third kappa shape index (κ3) is 1.27. The Morgan fingerprint density at radius 3 is 3.00 bits per heavy atom. The molecule has 1 rings (SSSR count). The molecule has 0 aliphatic heterocycles. The molecule has 0 aromatic carbocycles. The Balaban J connectivity index is 3.22. The molecule has 0 amide bonds. The molecule has 0 radical (unpaired) electrons. The highest BCUT2D eigenvalue weighted by Crippen LogP contribution is 2.02. The maximum absolute atomic E-state index is 10.5. The van der Waals surface area contributed by atoms with Crippen LogP contribution < -0.4 is 11.4 Å². The van der Waals surface area contributed by atoms with Crippen molar-refractivity contribution in [3.8, 4) is 0 Å². The molecule has 6 heteroatoms. The lowest BCUT2D eigenvalue weighted by molar-refractivity contribution is 0.654. The van der Waals surface area contributed by atoms with E-state index in [1.807, 2.05) is 0 Å². The molecule has 1 aromatic rings. The van der Waals surface area contributed by atoms with Gasteiger partial charge in [0.2, 0.25) is 5.16 Å². The van der Waals surface area contributed by atoms with E-state index < -0.39 is 0 Å². The molecule has 0 bridgehead atoms. The molecular weight excluding hydrogens is 152 g/mol. The van der Waals surface area contributed by atoms with Gasteiger partial charge >= 0.3 is 0 Å². The van der Waals surface area contributed by atoms with Gasteiger partial charge in [0.15, 0.2) is 0 Å². The average Bonchev–Trinajstić information content (AvgIpc) is 1.94. The van der Waals surface area contributed by atoms with Crippen LogP contribution in [0.25, 0.3) is 0 Å². The van der Waals surface area contributed by atoms with Crippen molar-refractivity contribution >= 4 is 11.8 Å². The van der Waals surface area contributed by atoms with Gasteiger partial charge in [-0.2, -0.15) is 14.9 Å². The summed E-state index contributed by atoms with van der Waals surface area (Å²) in [6, 6.07) is 0. The van der Waals surface area contributed by atoms with Gasteiger partial charge in [-0.25, -0.2) is 0 Å². The number of nitrogen functional groups attached to an aromatic ring is 1. The van der Waals surface area contributed by atoms with Crippen molar-refractivity contribution in [1.29, 1.82) is 0 Å². The molecule has 0 unspecified atom stereocenters. The van der Waals surface area contributed by atoms with E-state index in [2.05, 4.69) is 10.1 Å². The molecule has 1 aromatic heterocycles. The fraction of sp³-hybridized carbons (Fsp3) is 0.250. The number of hydrogen-bond donors (Lipinski definition) is 1. The summed E-state index contributed by atoms with van der Waals surface area (Å²) in [6.07, 6.45) is 2.84. The van der Waals surface area contributed by atoms with Crippen molar-refractivity contribution in [3.05, 3.63) is 16.6 Å². The van der Waals surface area contributed by atoms with Crippen LogP contribution in [-0.4, -0.2) is 21.1 Å². The standard InChI is InChI=1S/C4H6N4OS/c1-10-4-7-3(9)2-6-8(4)5/h2H,5H2,1H3. The quantitative estimate of drug-likeness (QED) is 0.422. The Morgan fingerprint density at radius 2 is 2.50 bits per heavy atom. The van der Waals surface area contributed by atoms with Crippen LogP contribution in [0.2, 0.25) is 0 Å². The second-order valence-electron chi connectivity index (χ2n) is 1.53. The van der Waals surface area contributed by atoms with Crippen LogP contribution in [0.5, 0.6) is 0 Å². The van der Waals surface area contributed by atoms with Gasteiger partial charge in [0, 0.05) is 0 Å². The van der Waals surface area contributed by atoms with E-state index >= 15 is 0 Å². The lowest BCUT2D eigenvalue weighted by atomic mass is 10.9. The van der Waals surface area contributed by atoms with Gasteiger partial charge in [-0.1, -0.05) is 11.8 Å². The zero-order valence-electron chi connectivity index (χ0n) is 5.31. The van der Waals surface area contributed by atoms with Gasteiger partial charge in [0.1, 0.15) is 6.20 Å². The largest absolute Gasteiger partial charge is 0.321 e. The van der Waals surface area contributed by atoms with Crippen LogP contribution in [0.1, 0.15) is 0 Å². The van der Waals surface area contributed by atoms with Crippen molar-refractivity contribution in [1.82, 2.24) is 14.9 Å². The molecule has 0 spiro atoms. The van der Waals surface area contributed by atoms with E-state index in [4.69, 9.17) is 5.84 Å². The van der Waals surface area contributed by atoms with Gasteiger partial charge in [-0.3, -0.25) is 4.79 Å². The summed E-state index contributed by atoms with van der Waals surface area (Å²) in [4.78, 5) is 15.2. The molecular formula is C4H6N4OS. The molecule has 0 aliphatic carbocycles. The van der Waals surface area contributed by atoms with Crippen molar-refractivity contribution in [3.63, 3.8) is 0 Å². The topological polar surface area (TPSA) is 73.8 Å². The zero-order valence-corrected chi connectivity index (χ0v) is 6.13. The first-order chi connectivity index (χ1) is 4.74. The first-order valence-corrected chi connectivity index (χ1v) is 3.72. The minimum Gasteiger partial charge on any atom is -0.321 e. The number of hydrogen-bond acceptors (Lipinski definition) is 5. The second-order valence-corrected chi connectivity index (χ2v) is 2.30. The molecule has 0 atom stereocenters. The highest BCUT2D eigenvalue weighted by Gasteiger charge is 1.96. The smallest absolute Gasteiger partial charge is 0.292 e. The summed E-state index contributed by atoms with van der Waals surface area (Å²) in [5.41, 5.74) is -0.369. The lowest BCUT2D eigenvalue weighted by Crippen LogP contribution is -2.22. The zero-order chi connectivity index (χ0) is 7.56. The fourth-order valence-electron chi connectivity index (χ4n) is 0.475. The molecule has 5 nitrogen and oxygen atoms in total. The molecule has 0 aliphatic rings. The van der Waals surface area contributed by atoms with Crippen LogP contribution >= 0.6 is 11.8 Å². The van der Waals surface area contributed by atoms with Gasteiger partial charge in [-0.15, -0.1) is 0 Å². The van der Waals surface area contributed by atoms with E-state index in [0.717, 1.165) is 11.0 Å². The first-order valence-electron chi connectivity index (χ1n) is 2.49. The predicted octanol–water partition coefficient (Wildman–Crippen LogP) is -0.926. The Hall–Kier alpha value is -1.04. The van der Waals surface area contributed by atoms with Crippen LogP contribution in [0.3, 0.4) is 0 Å². The van der Waals surface area contributed by atoms with Gasteiger partial charge in [0.05, 0.1) is 0 Å². The Bertz CT molecular complexity index is 283. The van der Waals surface area contributed by atoms with Crippen molar-refractivity contribution in [2.45, 2.75) is 5.16 Å². The second kappa shape index (κ2) is 2.70. The molecule has 2 N–H and O–H groups in total. The van der Waals surface area contributed by atoms with Crippen LogP contribution in [0.15, 0.2) is 16.1 Å². The molecule has 0 fully saturated rings. The van der Waals surface area contributed by atoms with Crippen molar-refractivity contribution in [2.24, 2.45) is 0 Å². The molecule has 10 heavy (non-hydrogen) atoms. The van der Waals surface area contributed by atoms with E-state index in [0.29, 0.717) is 5.16 Å². The molecule has 1 heterocycles. The van der Waals surface area contributed by atoms with Crippen molar-refractivity contribution < 1.29 is 0 Å². The normalized spacial score (nSPS) is 9.70. The number of nitrogens with zero attached hydrogens (tertiary/aromatic N) is 3. The van der Waals surface area contributed by atoms with Crippen LogP contribution in [-0.2, 0) is 0 Å². The number of thioether (sulfide) groups is 1. The van der Waals surface area contributed by atoms with E-state index in [-0.39, 0.29) is 5.56 Å². The van der Waals surface area contributed by atoms with Crippen LogP contribution in [0.4, 0.5) is 0 Å². The third-order valence-corrected chi connectivity index (χ3v) is 1.52. The average molecular weight is 158 g/mol. The van der Waals surface area contributed by atoms with Crippen LogP contribution in [0, 0.1) is 0 Å². The summed E-state index contributed by atoms with van der Waals surface area (Å²) < 4.78 is 0. The highest BCUT2D eigenvalue weighted by atomic mass is 32.2. The summed E-state index contributed by atoms with van der Waals surface area (Å²) in [5.74, 6) is 5.28. The Kier molecular flexibility index (Phi) is 1.91. The number of rotatable bonds is 1. The maximum atomic E-state index is 10.5. The lowest BCUT2D eigenvalue weighted by Gasteiger charge is -1.98. The van der Waals surface area contributed by atoms with E-state index in [9.17, 15) is 4.79 Å². The summed E-state index contributed by atoms with van der Waals surface area (Å²) in [6.45, 7) is 0. The Labute approximate surface area is 61.2 Å². The Morgan fingerprint density at radius 1 is 1.80 bits per heavy atom. The molecule has 0 saturated heterocycles. The van der Waals surface area contributed by atoms with Gasteiger partial charge in [0.25, 0.3) is 5.56 Å². The molecule has 0 saturated carbocycles. The summed E-state index contributed by atoms with van der Waals surface area (Å²) in [7, 11) is 0. The van der Waals surface area contributed by atoms with Crippen molar-refractivity contribution in [2.75, 3.05) is 12.1 Å². The minimum atomic E-state index is -0.369. The third-order valence-electron chi connectivity index (χ3n) is 0.877. The number of nitrogens with two attached hydrogens (primary N) is 1. The number of aromatic nitrogens is 3. The fourth-order valence-corrected chi connectivity index (χ4v) is 0.890. The maximum Gasteiger partial charge on any atom is 0.292 e. The van der Waals surface area contributed by atoms with Gasteiger partial charge in [-0.05, 0) is 6.26 Å². The van der Waals surface area contributed by atoms with Gasteiger partial charge < -0.3 is 5.84 Å². The van der Waals surface area contributed by atoms with E-state index in [1.165, 1.54) is 11.8 Å². The summed E-state index contributed by atoms with van der Waals surface area (Å²) >= 11 is 1.27. The SMILES string of the molecule is CSc1nc(=O)cnn1N. The highest BCUT2D eigenvalue weighted by molar-refractivity contribution is 7.98. The monoisotopic (exact) mass is 158 g/mol. The minimum absolute atomic E-state index is 0.369. The first kappa shape index (κ1) is 7.07.